The van der Waals surface area contributed by atoms with E-state index < -0.39 is 0 Å². The van der Waals surface area contributed by atoms with Crippen LogP contribution in [0.3, 0.4) is 0 Å². The molecule has 2 N–H and O–H groups in total. The predicted octanol–water partition coefficient (Wildman–Crippen LogP) is 2.08. The van der Waals surface area contributed by atoms with E-state index >= 15 is 0 Å². The summed E-state index contributed by atoms with van der Waals surface area (Å²) in [7, 11) is 0. The van der Waals surface area contributed by atoms with E-state index in [9.17, 15) is 9.59 Å². The molecule has 0 aliphatic rings. The summed E-state index contributed by atoms with van der Waals surface area (Å²) in [5, 5.41) is 10.2. The van der Waals surface area contributed by atoms with Crippen LogP contribution in [0.25, 0.3) is 5.52 Å². The molecule has 1 aromatic carbocycles. The third kappa shape index (κ3) is 4.58. The molecule has 0 saturated carbocycles. The molecule has 6 nitrogen and oxygen atoms in total. The monoisotopic (exact) mass is 356 g/mol. The Balaban J connectivity index is 1.44. The molecule has 2 amide bonds. The van der Waals surface area contributed by atoms with Gasteiger partial charge in [0.05, 0.1) is 12.1 Å². The number of carbonyl (C=O) groups excluding carboxylic acids is 2. The minimum Gasteiger partial charge on any atom is -0.354 e. The van der Waals surface area contributed by atoms with Crippen molar-refractivity contribution < 1.29 is 9.59 Å². The van der Waals surface area contributed by atoms with Gasteiger partial charge in [0, 0.05) is 17.8 Å². The first-order valence-corrected chi connectivity index (χ1v) is 8.23. The first-order valence-electron chi connectivity index (χ1n) is 7.85. The zero-order chi connectivity index (χ0) is 17.6. The van der Waals surface area contributed by atoms with Crippen molar-refractivity contribution in [1.29, 1.82) is 0 Å². The molecule has 2 aromatic heterocycles. The Morgan fingerprint density at radius 1 is 1.08 bits per heavy atom. The molecule has 25 heavy (non-hydrogen) atoms. The minimum atomic E-state index is -0.381. The molecule has 0 unspecified atom stereocenters. The van der Waals surface area contributed by atoms with Gasteiger partial charge in [-0.05, 0) is 42.3 Å². The van der Waals surface area contributed by atoms with Crippen molar-refractivity contribution in [3.05, 3.63) is 71.0 Å². The Hall–Kier alpha value is -2.86. The zero-order valence-corrected chi connectivity index (χ0v) is 14.2. The van der Waals surface area contributed by atoms with Gasteiger partial charge in [-0.25, -0.2) is 4.52 Å². The number of nitrogens with one attached hydrogen (secondary N) is 2. The maximum absolute atomic E-state index is 12.1. The molecular weight excluding hydrogens is 340 g/mol. The molecule has 0 fully saturated rings. The summed E-state index contributed by atoms with van der Waals surface area (Å²) in [4.78, 5) is 23.9. The number of fused-ring (bicyclic) bond motifs is 1. The Kier molecular flexibility index (Phi) is 5.30. The van der Waals surface area contributed by atoms with E-state index in [1.54, 1.807) is 22.8 Å². The van der Waals surface area contributed by atoms with E-state index in [1.807, 2.05) is 36.4 Å². The summed E-state index contributed by atoms with van der Waals surface area (Å²) in [5.74, 6) is -0.632. The number of benzene rings is 1. The van der Waals surface area contributed by atoms with Crippen molar-refractivity contribution in [3.63, 3.8) is 0 Å². The Labute approximate surface area is 149 Å². The van der Waals surface area contributed by atoms with Crippen LogP contribution >= 0.6 is 11.6 Å². The summed E-state index contributed by atoms with van der Waals surface area (Å²) in [6, 6.07) is 14.7. The van der Waals surface area contributed by atoms with Crippen molar-refractivity contribution in [2.24, 2.45) is 0 Å². The summed E-state index contributed by atoms with van der Waals surface area (Å²) in [6.45, 7) is 0.381. The lowest BCUT2D eigenvalue weighted by atomic mass is 10.1. The predicted molar refractivity (Wildman–Crippen MR) is 95.7 cm³/mol. The van der Waals surface area contributed by atoms with E-state index in [0.717, 1.165) is 11.1 Å². The highest BCUT2D eigenvalue weighted by atomic mass is 35.5. The summed E-state index contributed by atoms with van der Waals surface area (Å²) < 4.78 is 1.61. The molecule has 0 spiro atoms. The van der Waals surface area contributed by atoms with Crippen LogP contribution < -0.4 is 10.6 Å². The van der Waals surface area contributed by atoms with Gasteiger partial charge < -0.3 is 10.6 Å². The highest BCUT2D eigenvalue weighted by Gasteiger charge is 2.11. The van der Waals surface area contributed by atoms with Gasteiger partial charge in [-0.3, -0.25) is 9.59 Å². The molecule has 3 aromatic rings. The van der Waals surface area contributed by atoms with E-state index in [0.29, 0.717) is 18.0 Å². The third-order valence-corrected chi connectivity index (χ3v) is 3.87. The van der Waals surface area contributed by atoms with Gasteiger partial charge in [0.1, 0.15) is 0 Å². The number of halogens is 1. The molecule has 128 valence electrons. The fourth-order valence-electron chi connectivity index (χ4n) is 2.40. The Morgan fingerprint density at radius 3 is 2.76 bits per heavy atom. The second kappa shape index (κ2) is 7.81. The topological polar surface area (TPSA) is 75.5 Å². The van der Waals surface area contributed by atoms with Crippen LogP contribution in [-0.2, 0) is 11.2 Å². The molecule has 0 aliphatic carbocycles. The van der Waals surface area contributed by atoms with E-state index in [4.69, 9.17) is 11.6 Å². The smallest absolute Gasteiger partial charge is 0.272 e. The van der Waals surface area contributed by atoms with Gasteiger partial charge in [0.2, 0.25) is 5.91 Å². The summed E-state index contributed by atoms with van der Waals surface area (Å²) in [5.41, 5.74) is 2.14. The molecular formula is C18H17ClN4O2. The number of amides is 2. The van der Waals surface area contributed by atoms with E-state index in [1.165, 1.54) is 0 Å². The second-order valence-electron chi connectivity index (χ2n) is 5.51. The van der Waals surface area contributed by atoms with E-state index in [2.05, 4.69) is 15.7 Å². The fraction of sp³-hybridized carbons (Fsp3) is 0.167. The lowest BCUT2D eigenvalue weighted by molar-refractivity contribution is -0.120. The van der Waals surface area contributed by atoms with Crippen LogP contribution in [0.2, 0.25) is 5.02 Å². The highest BCUT2D eigenvalue weighted by molar-refractivity contribution is 6.30. The minimum absolute atomic E-state index is 0.0950. The number of rotatable bonds is 6. The summed E-state index contributed by atoms with van der Waals surface area (Å²) >= 11 is 5.92. The third-order valence-electron chi connectivity index (χ3n) is 3.64. The fourth-order valence-corrected chi connectivity index (χ4v) is 2.61. The molecule has 0 bridgehead atoms. The molecule has 0 saturated heterocycles. The van der Waals surface area contributed by atoms with Crippen LogP contribution in [0.15, 0.2) is 54.7 Å². The summed E-state index contributed by atoms with van der Waals surface area (Å²) in [6.07, 6.45) is 2.43. The van der Waals surface area contributed by atoms with Crippen LogP contribution in [0.4, 0.5) is 0 Å². The number of pyridine rings is 1. The quantitative estimate of drug-likeness (QED) is 0.710. The van der Waals surface area contributed by atoms with Crippen LogP contribution in [-0.4, -0.2) is 34.5 Å². The molecule has 7 heteroatoms. The lowest BCUT2D eigenvalue weighted by Gasteiger charge is -2.06. The van der Waals surface area contributed by atoms with Crippen LogP contribution in [0.5, 0.6) is 0 Å². The highest BCUT2D eigenvalue weighted by Crippen LogP contribution is 2.10. The first kappa shape index (κ1) is 17.0. The standard InChI is InChI=1S/C18H17ClN4O2/c19-14-5-3-4-13(10-14)7-8-20-17(24)12-21-18(25)16-11-15-6-1-2-9-23(15)22-16/h1-6,9-11H,7-8,12H2,(H,20,24)(H,21,25). The van der Waals surface area contributed by atoms with Crippen molar-refractivity contribution in [3.8, 4) is 0 Å². The molecule has 0 atom stereocenters. The molecule has 0 radical (unpaired) electrons. The molecule has 3 rings (SSSR count). The largest absolute Gasteiger partial charge is 0.354 e. The maximum atomic E-state index is 12.1. The first-order chi connectivity index (χ1) is 12.1. The average molecular weight is 357 g/mol. The zero-order valence-electron chi connectivity index (χ0n) is 13.4. The molecule has 0 aliphatic heterocycles. The van der Waals surface area contributed by atoms with Crippen molar-refractivity contribution >= 4 is 28.9 Å². The van der Waals surface area contributed by atoms with Gasteiger partial charge in [0.25, 0.3) is 5.91 Å². The van der Waals surface area contributed by atoms with Crippen LogP contribution in [0.1, 0.15) is 16.1 Å². The normalized spacial score (nSPS) is 10.6. The van der Waals surface area contributed by atoms with Gasteiger partial charge in [-0.15, -0.1) is 0 Å². The number of hydrogen-bond donors (Lipinski definition) is 2. The second-order valence-corrected chi connectivity index (χ2v) is 5.95. The average Bonchev–Trinajstić information content (AvgIpc) is 3.04. The van der Waals surface area contributed by atoms with Crippen molar-refractivity contribution in [2.75, 3.05) is 13.1 Å². The van der Waals surface area contributed by atoms with Gasteiger partial charge in [-0.2, -0.15) is 5.10 Å². The maximum Gasteiger partial charge on any atom is 0.272 e. The van der Waals surface area contributed by atoms with E-state index in [-0.39, 0.29) is 24.1 Å². The number of nitrogens with zero attached hydrogens (tertiary/aromatic N) is 2. The molecule has 2 heterocycles. The van der Waals surface area contributed by atoms with Crippen molar-refractivity contribution in [1.82, 2.24) is 20.2 Å². The Morgan fingerprint density at radius 2 is 1.96 bits per heavy atom. The SMILES string of the molecule is O=C(CNC(=O)c1cc2ccccn2n1)NCCc1cccc(Cl)c1. The van der Waals surface area contributed by atoms with Crippen LogP contribution in [0, 0.1) is 0 Å². The van der Waals surface area contributed by atoms with Crippen molar-refractivity contribution in [2.45, 2.75) is 6.42 Å². The van der Waals surface area contributed by atoms with Gasteiger partial charge >= 0.3 is 0 Å². The Bertz CT molecular complexity index is 874. The number of carbonyl (C=O) groups is 2. The lowest BCUT2D eigenvalue weighted by Crippen LogP contribution is -2.37. The number of hydrogen-bond acceptors (Lipinski definition) is 3. The van der Waals surface area contributed by atoms with Gasteiger partial charge in [0.15, 0.2) is 5.69 Å². The number of aromatic nitrogens is 2. The van der Waals surface area contributed by atoms with Gasteiger partial charge in [-0.1, -0.05) is 29.8 Å².